The first-order valence-electron chi connectivity index (χ1n) is 6.61. The first kappa shape index (κ1) is 13.9. The summed E-state index contributed by atoms with van der Waals surface area (Å²) in [6, 6.07) is 11.9. The Hall–Kier alpha value is -2.07. The fourth-order valence-corrected chi connectivity index (χ4v) is 2.53. The molecule has 2 aromatic rings. The maximum atomic E-state index is 14.0. The number of halogens is 2. The summed E-state index contributed by atoms with van der Waals surface area (Å²) in [7, 11) is 0. The lowest BCUT2D eigenvalue weighted by Crippen LogP contribution is -2.32. The van der Waals surface area contributed by atoms with Crippen LogP contribution in [0, 0.1) is 5.82 Å². The van der Waals surface area contributed by atoms with Crippen molar-refractivity contribution in [1.82, 2.24) is 4.90 Å². The number of nitrogens with zero attached hydrogens (tertiary/aromatic N) is 1. The van der Waals surface area contributed by atoms with Gasteiger partial charge in [-0.3, -0.25) is 4.79 Å². The van der Waals surface area contributed by atoms with E-state index in [0.29, 0.717) is 30.0 Å². The second-order valence-corrected chi connectivity index (χ2v) is 5.19. The normalized spacial score (nSPS) is 14.4. The number of benzene rings is 2. The number of amides is 1. The summed E-state index contributed by atoms with van der Waals surface area (Å²) in [5.74, 6) is -0.0792. The number of hydrogen-bond donors (Lipinski definition) is 0. The molecule has 1 aliphatic heterocycles. The highest BCUT2D eigenvalue weighted by Gasteiger charge is 2.24. The van der Waals surface area contributed by atoms with Gasteiger partial charge in [-0.2, -0.15) is 0 Å². The molecule has 0 saturated carbocycles. The van der Waals surface area contributed by atoms with Crippen LogP contribution >= 0.6 is 11.6 Å². The van der Waals surface area contributed by atoms with E-state index >= 15 is 0 Å². The van der Waals surface area contributed by atoms with Gasteiger partial charge < -0.3 is 9.64 Å². The molecule has 0 unspecified atom stereocenters. The molecule has 0 radical (unpaired) electrons. The SMILES string of the molecule is O=C1c2ccccc2OCCN1Cc1cccc(Cl)c1F. The monoisotopic (exact) mass is 305 g/mol. The third-order valence-electron chi connectivity index (χ3n) is 3.42. The summed E-state index contributed by atoms with van der Waals surface area (Å²) >= 11 is 5.78. The van der Waals surface area contributed by atoms with Crippen LogP contribution in [0.25, 0.3) is 0 Å². The van der Waals surface area contributed by atoms with Crippen molar-refractivity contribution in [3.8, 4) is 5.75 Å². The van der Waals surface area contributed by atoms with Crippen LogP contribution in [0.2, 0.25) is 5.02 Å². The largest absolute Gasteiger partial charge is 0.491 e. The van der Waals surface area contributed by atoms with Gasteiger partial charge in [0, 0.05) is 12.1 Å². The maximum Gasteiger partial charge on any atom is 0.258 e. The average molecular weight is 306 g/mol. The van der Waals surface area contributed by atoms with E-state index in [1.807, 2.05) is 6.07 Å². The topological polar surface area (TPSA) is 29.5 Å². The van der Waals surface area contributed by atoms with Crippen molar-refractivity contribution < 1.29 is 13.9 Å². The molecular formula is C16H13ClFNO2. The molecule has 0 atom stereocenters. The number of fused-ring (bicyclic) bond motifs is 1. The summed E-state index contributed by atoms with van der Waals surface area (Å²) < 4.78 is 19.5. The molecule has 5 heteroatoms. The van der Waals surface area contributed by atoms with Gasteiger partial charge in [0.1, 0.15) is 18.2 Å². The van der Waals surface area contributed by atoms with E-state index in [9.17, 15) is 9.18 Å². The van der Waals surface area contributed by atoms with Crippen LogP contribution in [-0.2, 0) is 6.54 Å². The first-order chi connectivity index (χ1) is 10.2. The zero-order valence-corrected chi connectivity index (χ0v) is 11.9. The molecule has 0 saturated heterocycles. The summed E-state index contributed by atoms with van der Waals surface area (Å²) in [6.45, 7) is 0.952. The van der Waals surface area contributed by atoms with Crippen LogP contribution in [0.15, 0.2) is 42.5 Å². The van der Waals surface area contributed by atoms with Gasteiger partial charge in [0.25, 0.3) is 5.91 Å². The molecule has 1 heterocycles. The first-order valence-corrected chi connectivity index (χ1v) is 6.98. The van der Waals surface area contributed by atoms with Crippen LogP contribution in [0.5, 0.6) is 5.75 Å². The van der Waals surface area contributed by atoms with Crippen LogP contribution < -0.4 is 4.74 Å². The summed E-state index contributed by atoms with van der Waals surface area (Å²) in [5.41, 5.74) is 0.896. The van der Waals surface area contributed by atoms with Crippen LogP contribution in [0.3, 0.4) is 0 Å². The molecule has 0 aliphatic carbocycles. The van der Waals surface area contributed by atoms with Crippen LogP contribution in [-0.4, -0.2) is 24.0 Å². The van der Waals surface area contributed by atoms with E-state index in [1.54, 1.807) is 35.2 Å². The smallest absolute Gasteiger partial charge is 0.258 e. The zero-order chi connectivity index (χ0) is 14.8. The quantitative estimate of drug-likeness (QED) is 0.849. The number of carbonyl (C=O) groups is 1. The standard InChI is InChI=1S/C16H13ClFNO2/c17-13-6-3-4-11(15(13)18)10-19-8-9-21-14-7-2-1-5-12(14)16(19)20/h1-7H,8-10H2. The highest BCUT2D eigenvalue weighted by molar-refractivity contribution is 6.30. The summed E-state index contributed by atoms with van der Waals surface area (Å²) in [5, 5.41) is 0.0615. The lowest BCUT2D eigenvalue weighted by molar-refractivity contribution is 0.0741. The van der Waals surface area contributed by atoms with Gasteiger partial charge in [0.15, 0.2) is 0 Å². The predicted molar refractivity (Wildman–Crippen MR) is 78.1 cm³/mol. The van der Waals surface area contributed by atoms with Gasteiger partial charge >= 0.3 is 0 Å². The van der Waals surface area contributed by atoms with E-state index < -0.39 is 5.82 Å². The van der Waals surface area contributed by atoms with Crippen LogP contribution in [0.1, 0.15) is 15.9 Å². The van der Waals surface area contributed by atoms with Crippen molar-refractivity contribution in [3.63, 3.8) is 0 Å². The number of hydrogen-bond acceptors (Lipinski definition) is 2. The zero-order valence-electron chi connectivity index (χ0n) is 11.2. The van der Waals surface area contributed by atoms with Crippen molar-refractivity contribution in [1.29, 1.82) is 0 Å². The maximum absolute atomic E-state index is 14.0. The van der Waals surface area contributed by atoms with Gasteiger partial charge in [-0.05, 0) is 18.2 Å². The molecule has 3 nitrogen and oxygen atoms in total. The molecule has 0 spiro atoms. The lowest BCUT2D eigenvalue weighted by atomic mass is 10.1. The van der Waals surface area contributed by atoms with Gasteiger partial charge in [-0.25, -0.2) is 4.39 Å². The second kappa shape index (κ2) is 5.74. The number of rotatable bonds is 2. The Labute approximate surface area is 126 Å². The molecule has 1 aliphatic rings. The van der Waals surface area contributed by atoms with Crippen LogP contribution in [0.4, 0.5) is 4.39 Å². The number of para-hydroxylation sites is 1. The molecule has 3 rings (SSSR count). The molecule has 1 amide bonds. The minimum Gasteiger partial charge on any atom is -0.491 e. The lowest BCUT2D eigenvalue weighted by Gasteiger charge is -2.20. The molecule has 0 bridgehead atoms. The Morgan fingerprint density at radius 2 is 2.00 bits per heavy atom. The van der Waals surface area contributed by atoms with Crippen molar-refractivity contribution in [2.24, 2.45) is 0 Å². The highest BCUT2D eigenvalue weighted by Crippen LogP contribution is 2.25. The predicted octanol–water partition coefficient (Wildman–Crippen LogP) is 3.51. The fourth-order valence-electron chi connectivity index (χ4n) is 2.33. The van der Waals surface area contributed by atoms with E-state index in [0.717, 1.165) is 0 Å². The van der Waals surface area contributed by atoms with Gasteiger partial charge in [0.05, 0.1) is 17.1 Å². The van der Waals surface area contributed by atoms with Gasteiger partial charge in [-0.1, -0.05) is 35.9 Å². The third kappa shape index (κ3) is 2.72. The second-order valence-electron chi connectivity index (χ2n) is 4.78. The molecule has 0 fully saturated rings. The van der Waals surface area contributed by atoms with E-state index in [4.69, 9.17) is 16.3 Å². The van der Waals surface area contributed by atoms with Gasteiger partial charge in [0.2, 0.25) is 0 Å². The number of ether oxygens (including phenoxy) is 1. The summed E-state index contributed by atoms with van der Waals surface area (Å²) in [4.78, 5) is 14.1. The van der Waals surface area contributed by atoms with Crippen molar-refractivity contribution in [3.05, 3.63) is 64.4 Å². The Balaban J connectivity index is 1.90. The van der Waals surface area contributed by atoms with E-state index in [2.05, 4.69) is 0 Å². The Kier molecular flexibility index (Phi) is 3.80. The molecule has 0 N–H and O–H groups in total. The van der Waals surface area contributed by atoms with Gasteiger partial charge in [-0.15, -0.1) is 0 Å². The Morgan fingerprint density at radius 1 is 1.19 bits per heavy atom. The van der Waals surface area contributed by atoms with Crippen molar-refractivity contribution in [2.45, 2.75) is 6.54 Å². The molecule has 2 aromatic carbocycles. The average Bonchev–Trinajstić information content (AvgIpc) is 2.65. The Morgan fingerprint density at radius 3 is 2.86 bits per heavy atom. The van der Waals surface area contributed by atoms with Crippen molar-refractivity contribution in [2.75, 3.05) is 13.2 Å². The van der Waals surface area contributed by atoms with E-state index in [1.165, 1.54) is 6.07 Å². The third-order valence-corrected chi connectivity index (χ3v) is 3.71. The fraction of sp³-hybridized carbons (Fsp3) is 0.188. The molecular weight excluding hydrogens is 293 g/mol. The Bertz CT molecular complexity index is 690. The molecule has 108 valence electrons. The summed E-state index contributed by atoms with van der Waals surface area (Å²) in [6.07, 6.45) is 0. The number of carbonyl (C=O) groups excluding carboxylic acids is 1. The highest BCUT2D eigenvalue weighted by atomic mass is 35.5. The van der Waals surface area contributed by atoms with E-state index in [-0.39, 0.29) is 17.5 Å². The van der Waals surface area contributed by atoms with Crippen molar-refractivity contribution >= 4 is 17.5 Å². The molecule has 21 heavy (non-hydrogen) atoms. The minimum atomic E-state index is -0.481. The minimum absolute atomic E-state index is 0.0615. The molecule has 0 aromatic heterocycles.